The molecule has 0 saturated heterocycles. The number of benzene rings is 1. The fraction of sp³-hybridized carbons (Fsp3) is 0.190. The smallest absolute Gasteiger partial charge is 0.225 e. The molecule has 6 heteroatoms. The zero-order valence-corrected chi connectivity index (χ0v) is 15.2. The minimum atomic E-state index is -0.552. The maximum absolute atomic E-state index is 14.1. The topological polar surface area (TPSA) is 66.9 Å². The molecule has 0 aliphatic heterocycles. The van der Waals surface area contributed by atoms with Crippen molar-refractivity contribution in [1.29, 1.82) is 0 Å². The van der Waals surface area contributed by atoms with E-state index in [9.17, 15) is 9.18 Å². The molecule has 5 nitrogen and oxygen atoms in total. The molecular weight excluding hydrogens is 343 g/mol. The number of carbonyl (C=O) groups excluding carboxylic acids is 1. The molecule has 3 rings (SSSR count). The van der Waals surface area contributed by atoms with Gasteiger partial charge in [-0.1, -0.05) is 29.9 Å². The number of ketones is 1. The molecule has 2 N–H and O–H groups in total. The van der Waals surface area contributed by atoms with Gasteiger partial charge in [0.2, 0.25) is 5.95 Å². The SMILES string of the molecule is CC(C)=CC(=O)c1ccc(Nc2nc(NC3C=CC=CC3)ncc2F)cc1. The van der Waals surface area contributed by atoms with Crippen LogP contribution in [0, 0.1) is 5.82 Å². The maximum atomic E-state index is 14.1. The first-order valence-electron chi connectivity index (χ1n) is 8.70. The summed E-state index contributed by atoms with van der Waals surface area (Å²) in [5, 5.41) is 6.09. The number of halogens is 1. The summed E-state index contributed by atoms with van der Waals surface area (Å²) in [5.41, 5.74) is 2.14. The van der Waals surface area contributed by atoms with E-state index in [0.29, 0.717) is 17.2 Å². The van der Waals surface area contributed by atoms with Crippen LogP contribution in [0.4, 0.5) is 21.8 Å². The largest absolute Gasteiger partial charge is 0.348 e. The second-order valence-corrected chi connectivity index (χ2v) is 6.48. The van der Waals surface area contributed by atoms with E-state index in [1.54, 1.807) is 30.3 Å². The summed E-state index contributed by atoms with van der Waals surface area (Å²) in [7, 11) is 0. The Kier molecular flexibility index (Phi) is 5.76. The van der Waals surface area contributed by atoms with Crippen molar-refractivity contribution in [1.82, 2.24) is 9.97 Å². The molecule has 0 saturated carbocycles. The third-order valence-electron chi connectivity index (χ3n) is 3.89. The van der Waals surface area contributed by atoms with Crippen molar-refractivity contribution in [2.24, 2.45) is 0 Å². The van der Waals surface area contributed by atoms with Crippen molar-refractivity contribution in [3.63, 3.8) is 0 Å². The minimum Gasteiger partial charge on any atom is -0.348 e. The lowest BCUT2D eigenvalue weighted by molar-refractivity contribution is 0.104. The molecule has 27 heavy (non-hydrogen) atoms. The Labute approximate surface area is 157 Å². The van der Waals surface area contributed by atoms with Gasteiger partial charge in [-0.05, 0) is 50.6 Å². The van der Waals surface area contributed by atoms with Gasteiger partial charge in [-0.15, -0.1) is 0 Å². The molecule has 1 aliphatic rings. The minimum absolute atomic E-state index is 0.0594. The van der Waals surface area contributed by atoms with Gasteiger partial charge in [0.1, 0.15) is 0 Å². The third kappa shape index (κ3) is 5.10. The van der Waals surface area contributed by atoms with Crippen LogP contribution < -0.4 is 10.6 Å². The van der Waals surface area contributed by atoms with Gasteiger partial charge in [0.05, 0.1) is 12.2 Å². The van der Waals surface area contributed by atoms with Crippen molar-refractivity contribution in [3.05, 3.63) is 77.8 Å². The molecule has 1 aliphatic carbocycles. The second kappa shape index (κ2) is 8.40. The average Bonchev–Trinajstić information content (AvgIpc) is 2.65. The maximum Gasteiger partial charge on any atom is 0.225 e. The van der Waals surface area contributed by atoms with Crippen LogP contribution in [0.1, 0.15) is 30.6 Å². The number of carbonyl (C=O) groups is 1. The Bertz CT molecular complexity index is 912. The van der Waals surface area contributed by atoms with Gasteiger partial charge in [0.25, 0.3) is 0 Å². The van der Waals surface area contributed by atoms with Gasteiger partial charge in [-0.2, -0.15) is 4.98 Å². The molecule has 2 aromatic rings. The molecule has 0 radical (unpaired) electrons. The zero-order chi connectivity index (χ0) is 19.2. The number of rotatable bonds is 6. The van der Waals surface area contributed by atoms with Crippen LogP contribution in [0.2, 0.25) is 0 Å². The van der Waals surface area contributed by atoms with Crippen LogP contribution in [-0.2, 0) is 0 Å². The number of hydrogen-bond donors (Lipinski definition) is 2. The Balaban J connectivity index is 1.72. The summed E-state index contributed by atoms with van der Waals surface area (Å²) in [6, 6.07) is 6.90. The quantitative estimate of drug-likeness (QED) is 0.569. The van der Waals surface area contributed by atoms with E-state index in [0.717, 1.165) is 18.2 Å². The predicted molar refractivity (Wildman–Crippen MR) is 106 cm³/mol. The molecule has 138 valence electrons. The van der Waals surface area contributed by atoms with Gasteiger partial charge in [-0.25, -0.2) is 9.37 Å². The highest BCUT2D eigenvalue weighted by Gasteiger charge is 2.11. The molecule has 1 heterocycles. The van der Waals surface area contributed by atoms with Gasteiger partial charge >= 0.3 is 0 Å². The van der Waals surface area contributed by atoms with Crippen LogP contribution in [0.15, 0.2) is 66.4 Å². The number of nitrogens with one attached hydrogen (secondary N) is 2. The van der Waals surface area contributed by atoms with Crippen molar-refractivity contribution in [3.8, 4) is 0 Å². The van der Waals surface area contributed by atoms with E-state index in [1.807, 2.05) is 38.2 Å². The van der Waals surface area contributed by atoms with Gasteiger partial charge < -0.3 is 10.6 Å². The summed E-state index contributed by atoms with van der Waals surface area (Å²) in [6.07, 6.45) is 11.5. The van der Waals surface area contributed by atoms with Crippen LogP contribution in [0.3, 0.4) is 0 Å². The van der Waals surface area contributed by atoms with Crippen molar-refractivity contribution < 1.29 is 9.18 Å². The van der Waals surface area contributed by atoms with E-state index in [1.165, 1.54) is 0 Å². The Morgan fingerprint density at radius 3 is 2.67 bits per heavy atom. The number of allylic oxidation sites excluding steroid dienone is 4. The lowest BCUT2D eigenvalue weighted by Gasteiger charge is -2.16. The first-order chi connectivity index (χ1) is 13.0. The van der Waals surface area contributed by atoms with Crippen LogP contribution in [-0.4, -0.2) is 21.8 Å². The fourth-order valence-corrected chi connectivity index (χ4v) is 2.58. The van der Waals surface area contributed by atoms with E-state index in [2.05, 4.69) is 20.6 Å². The zero-order valence-electron chi connectivity index (χ0n) is 15.2. The molecular formula is C21H21FN4O. The lowest BCUT2D eigenvalue weighted by atomic mass is 10.1. The monoisotopic (exact) mass is 364 g/mol. The summed E-state index contributed by atoms with van der Waals surface area (Å²) in [6.45, 7) is 3.74. The number of anilines is 3. The van der Waals surface area contributed by atoms with Crippen LogP contribution >= 0.6 is 0 Å². The third-order valence-corrected chi connectivity index (χ3v) is 3.89. The molecule has 1 unspecified atom stereocenters. The molecule has 1 aromatic carbocycles. The first kappa shape index (κ1) is 18.5. The van der Waals surface area contributed by atoms with E-state index in [4.69, 9.17) is 0 Å². The molecule has 0 spiro atoms. The summed E-state index contributed by atoms with van der Waals surface area (Å²) in [5.74, 6) is -0.189. The average molecular weight is 364 g/mol. The van der Waals surface area contributed by atoms with E-state index >= 15 is 0 Å². The van der Waals surface area contributed by atoms with Crippen LogP contribution in [0.25, 0.3) is 0 Å². The molecule has 0 amide bonds. The van der Waals surface area contributed by atoms with Gasteiger partial charge in [0.15, 0.2) is 17.4 Å². The van der Waals surface area contributed by atoms with Crippen molar-refractivity contribution in [2.75, 3.05) is 10.6 Å². The Morgan fingerprint density at radius 1 is 1.22 bits per heavy atom. The Hall–Kier alpha value is -3.28. The van der Waals surface area contributed by atoms with Gasteiger partial charge in [0, 0.05) is 11.3 Å². The molecule has 0 fully saturated rings. The van der Waals surface area contributed by atoms with E-state index in [-0.39, 0.29) is 17.6 Å². The van der Waals surface area contributed by atoms with Crippen molar-refractivity contribution >= 4 is 23.2 Å². The first-order valence-corrected chi connectivity index (χ1v) is 8.70. The molecule has 0 bridgehead atoms. The van der Waals surface area contributed by atoms with Crippen LogP contribution in [0.5, 0.6) is 0 Å². The van der Waals surface area contributed by atoms with Gasteiger partial charge in [-0.3, -0.25) is 4.79 Å². The summed E-state index contributed by atoms with van der Waals surface area (Å²) < 4.78 is 14.1. The molecule has 1 aromatic heterocycles. The highest BCUT2D eigenvalue weighted by molar-refractivity contribution is 6.05. The number of nitrogens with zero attached hydrogens (tertiary/aromatic N) is 2. The highest BCUT2D eigenvalue weighted by Crippen LogP contribution is 2.20. The van der Waals surface area contributed by atoms with E-state index < -0.39 is 5.82 Å². The molecule has 1 atom stereocenters. The van der Waals surface area contributed by atoms with Crippen molar-refractivity contribution in [2.45, 2.75) is 26.3 Å². The second-order valence-electron chi connectivity index (χ2n) is 6.48. The normalized spacial score (nSPS) is 15.3. The number of aromatic nitrogens is 2. The fourth-order valence-electron chi connectivity index (χ4n) is 2.58. The summed E-state index contributed by atoms with van der Waals surface area (Å²) in [4.78, 5) is 20.2. The highest BCUT2D eigenvalue weighted by atomic mass is 19.1. The summed E-state index contributed by atoms with van der Waals surface area (Å²) >= 11 is 0. The standard InChI is InChI=1S/C21H21FN4O/c1-14(2)12-19(27)15-8-10-17(11-9-15)24-20-18(22)13-23-21(26-20)25-16-6-4-3-5-7-16/h3-6,8-13,16H,7H2,1-2H3,(H2,23,24,25,26). The predicted octanol–water partition coefficient (Wildman–Crippen LogP) is 4.80. The lowest BCUT2D eigenvalue weighted by Crippen LogP contribution is -2.19. The Morgan fingerprint density at radius 2 is 2.00 bits per heavy atom. The number of hydrogen-bond acceptors (Lipinski definition) is 5.